The first kappa shape index (κ1) is 10.1. The summed E-state index contributed by atoms with van der Waals surface area (Å²) in [6.45, 7) is 2.28. The quantitative estimate of drug-likeness (QED) is 0.644. The SMILES string of the molecule is CC1CCC2(CCc3ccccc3C2=O)C1. The Morgan fingerprint density at radius 2 is 2.06 bits per heavy atom. The topological polar surface area (TPSA) is 17.1 Å². The Morgan fingerprint density at radius 3 is 2.81 bits per heavy atom. The van der Waals surface area contributed by atoms with Crippen molar-refractivity contribution in [3.05, 3.63) is 35.4 Å². The molecule has 0 aliphatic heterocycles. The van der Waals surface area contributed by atoms with Crippen LogP contribution in [0, 0.1) is 11.3 Å². The number of carbonyl (C=O) groups is 1. The first-order valence-electron chi connectivity index (χ1n) is 6.34. The van der Waals surface area contributed by atoms with Crippen LogP contribution in [0.4, 0.5) is 0 Å². The third-order valence-corrected chi connectivity index (χ3v) is 4.47. The van der Waals surface area contributed by atoms with Gasteiger partial charge in [0.2, 0.25) is 0 Å². The van der Waals surface area contributed by atoms with Crippen molar-refractivity contribution >= 4 is 5.78 Å². The van der Waals surface area contributed by atoms with E-state index in [0.29, 0.717) is 5.78 Å². The van der Waals surface area contributed by atoms with Crippen molar-refractivity contribution in [2.45, 2.75) is 39.0 Å². The molecule has 1 aromatic carbocycles. The molecule has 0 saturated heterocycles. The van der Waals surface area contributed by atoms with Crippen molar-refractivity contribution in [2.24, 2.45) is 11.3 Å². The van der Waals surface area contributed by atoms with E-state index in [2.05, 4.69) is 13.0 Å². The van der Waals surface area contributed by atoms with Crippen LogP contribution in [-0.4, -0.2) is 5.78 Å². The largest absolute Gasteiger partial charge is 0.294 e. The number of ketones is 1. The van der Waals surface area contributed by atoms with E-state index < -0.39 is 0 Å². The van der Waals surface area contributed by atoms with Crippen molar-refractivity contribution in [1.29, 1.82) is 0 Å². The maximum Gasteiger partial charge on any atom is 0.169 e. The molecule has 2 aliphatic rings. The van der Waals surface area contributed by atoms with Gasteiger partial charge in [0.1, 0.15) is 0 Å². The van der Waals surface area contributed by atoms with Crippen molar-refractivity contribution in [1.82, 2.24) is 0 Å². The Bertz CT molecular complexity index is 435. The number of aryl methyl sites for hydroxylation is 1. The Labute approximate surface area is 96.9 Å². The standard InChI is InChI=1S/C15H18O/c1-11-6-8-15(10-11)9-7-12-4-2-3-5-13(12)14(15)16/h2-5,11H,6-10H2,1H3. The van der Waals surface area contributed by atoms with E-state index in [1.54, 1.807) is 0 Å². The highest BCUT2D eigenvalue weighted by atomic mass is 16.1. The summed E-state index contributed by atoms with van der Waals surface area (Å²) in [6, 6.07) is 8.16. The summed E-state index contributed by atoms with van der Waals surface area (Å²) in [4.78, 5) is 12.6. The van der Waals surface area contributed by atoms with E-state index in [0.717, 1.165) is 37.2 Å². The fourth-order valence-electron chi connectivity index (χ4n) is 3.56. The van der Waals surface area contributed by atoms with Crippen molar-refractivity contribution in [3.8, 4) is 0 Å². The van der Waals surface area contributed by atoms with Crippen LogP contribution in [0.1, 0.15) is 48.5 Å². The van der Waals surface area contributed by atoms with Crippen molar-refractivity contribution in [3.63, 3.8) is 0 Å². The highest BCUT2D eigenvalue weighted by Gasteiger charge is 2.46. The van der Waals surface area contributed by atoms with Crippen molar-refractivity contribution in [2.75, 3.05) is 0 Å². The van der Waals surface area contributed by atoms with Crippen molar-refractivity contribution < 1.29 is 4.79 Å². The van der Waals surface area contributed by atoms with E-state index in [-0.39, 0.29) is 5.41 Å². The summed E-state index contributed by atoms with van der Waals surface area (Å²) < 4.78 is 0. The van der Waals surface area contributed by atoms with Crippen LogP contribution in [0.3, 0.4) is 0 Å². The van der Waals surface area contributed by atoms with Gasteiger partial charge in [0, 0.05) is 11.0 Å². The normalized spacial score (nSPS) is 33.1. The van der Waals surface area contributed by atoms with E-state index in [9.17, 15) is 4.79 Å². The van der Waals surface area contributed by atoms with Gasteiger partial charge in [0.25, 0.3) is 0 Å². The number of benzene rings is 1. The zero-order chi connectivity index (χ0) is 11.2. The molecular weight excluding hydrogens is 196 g/mol. The van der Waals surface area contributed by atoms with Gasteiger partial charge in [0.15, 0.2) is 5.78 Å². The minimum atomic E-state index is 0.00771. The lowest BCUT2D eigenvalue weighted by molar-refractivity contribution is 0.0759. The first-order valence-corrected chi connectivity index (χ1v) is 6.34. The molecule has 1 spiro atoms. The lowest BCUT2D eigenvalue weighted by Gasteiger charge is -2.33. The number of Topliss-reactive ketones (excluding diaryl/α,β-unsaturated/α-hetero) is 1. The van der Waals surface area contributed by atoms with E-state index in [1.165, 1.54) is 12.0 Å². The second-order valence-corrected chi connectivity index (χ2v) is 5.61. The lowest BCUT2D eigenvalue weighted by Crippen LogP contribution is -2.33. The second kappa shape index (κ2) is 3.44. The molecular formula is C15H18O. The molecule has 0 amide bonds. The molecule has 0 radical (unpaired) electrons. The van der Waals surface area contributed by atoms with Crippen LogP contribution in [0.5, 0.6) is 0 Å². The molecule has 0 heterocycles. The van der Waals surface area contributed by atoms with Gasteiger partial charge in [-0.25, -0.2) is 0 Å². The Kier molecular flexibility index (Phi) is 2.17. The lowest BCUT2D eigenvalue weighted by atomic mass is 9.69. The van der Waals surface area contributed by atoms with Crippen LogP contribution in [-0.2, 0) is 6.42 Å². The summed E-state index contributed by atoms with van der Waals surface area (Å²) in [6.07, 6.45) is 5.62. The van der Waals surface area contributed by atoms with Gasteiger partial charge in [-0.2, -0.15) is 0 Å². The predicted molar refractivity (Wildman–Crippen MR) is 64.5 cm³/mol. The molecule has 1 nitrogen and oxygen atoms in total. The molecule has 1 aromatic rings. The third kappa shape index (κ3) is 1.34. The summed E-state index contributed by atoms with van der Waals surface area (Å²) in [5, 5.41) is 0. The molecule has 2 unspecified atom stereocenters. The average Bonchev–Trinajstić information content (AvgIpc) is 2.68. The molecule has 3 rings (SSSR count). The number of rotatable bonds is 0. The first-order chi connectivity index (χ1) is 7.71. The molecule has 2 atom stereocenters. The summed E-state index contributed by atoms with van der Waals surface area (Å²) in [5.41, 5.74) is 2.27. The van der Waals surface area contributed by atoms with Gasteiger partial charge in [-0.05, 0) is 43.6 Å². The molecule has 0 bridgehead atoms. The van der Waals surface area contributed by atoms with E-state index >= 15 is 0 Å². The monoisotopic (exact) mass is 214 g/mol. The maximum atomic E-state index is 12.6. The summed E-state index contributed by atoms with van der Waals surface area (Å²) >= 11 is 0. The third-order valence-electron chi connectivity index (χ3n) is 4.47. The number of hydrogen-bond donors (Lipinski definition) is 0. The van der Waals surface area contributed by atoms with Crippen LogP contribution in [0.15, 0.2) is 24.3 Å². The molecule has 84 valence electrons. The van der Waals surface area contributed by atoms with Gasteiger partial charge in [0.05, 0.1) is 0 Å². The number of carbonyl (C=O) groups excluding carboxylic acids is 1. The van der Waals surface area contributed by atoms with Crippen LogP contribution >= 0.6 is 0 Å². The maximum absolute atomic E-state index is 12.6. The number of hydrogen-bond acceptors (Lipinski definition) is 1. The zero-order valence-corrected chi connectivity index (χ0v) is 9.83. The molecule has 16 heavy (non-hydrogen) atoms. The molecule has 1 heteroatoms. The molecule has 2 aliphatic carbocycles. The molecule has 1 saturated carbocycles. The number of fused-ring (bicyclic) bond motifs is 1. The minimum Gasteiger partial charge on any atom is -0.294 e. The smallest absolute Gasteiger partial charge is 0.169 e. The molecule has 1 fully saturated rings. The van der Waals surface area contributed by atoms with Gasteiger partial charge in [-0.15, -0.1) is 0 Å². The highest BCUT2D eigenvalue weighted by Crippen LogP contribution is 2.49. The molecule has 0 aromatic heterocycles. The Morgan fingerprint density at radius 1 is 1.25 bits per heavy atom. The molecule has 0 N–H and O–H groups in total. The van der Waals surface area contributed by atoms with Crippen LogP contribution in [0.25, 0.3) is 0 Å². The van der Waals surface area contributed by atoms with Gasteiger partial charge in [-0.3, -0.25) is 4.79 Å². The van der Waals surface area contributed by atoms with Gasteiger partial charge in [-0.1, -0.05) is 31.2 Å². The van der Waals surface area contributed by atoms with E-state index in [4.69, 9.17) is 0 Å². The van der Waals surface area contributed by atoms with Gasteiger partial charge >= 0.3 is 0 Å². The minimum absolute atomic E-state index is 0.00771. The average molecular weight is 214 g/mol. The fraction of sp³-hybridized carbons (Fsp3) is 0.533. The Hall–Kier alpha value is -1.11. The Balaban J connectivity index is 2.01. The van der Waals surface area contributed by atoms with Crippen LogP contribution in [0.2, 0.25) is 0 Å². The fourth-order valence-corrected chi connectivity index (χ4v) is 3.56. The van der Waals surface area contributed by atoms with Gasteiger partial charge < -0.3 is 0 Å². The highest BCUT2D eigenvalue weighted by molar-refractivity contribution is 6.02. The summed E-state index contributed by atoms with van der Waals surface area (Å²) in [5.74, 6) is 1.16. The van der Waals surface area contributed by atoms with Crippen LogP contribution < -0.4 is 0 Å². The summed E-state index contributed by atoms with van der Waals surface area (Å²) in [7, 11) is 0. The zero-order valence-electron chi connectivity index (χ0n) is 9.83. The predicted octanol–water partition coefficient (Wildman–Crippen LogP) is 3.62. The van der Waals surface area contributed by atoms with E-state index in [1.807, 2.05) is 18.2 Å². The second-order valence-electron chi connectivity index (χ2n) is 5.61.